The minimum Gasteiger partial charge on any atom is -0.493 e. The van der Waals surface area contributed by atoms with Crippen molar-refractivity contribution < 1.29 is 19.4 Å². The van der Waals surface area contributed by atoms with Gasteiger partial charge in [0.1, 0.15) is 5.75 Å². The number of aryl methyl sites for hydroxylation is 4. The average Bonchev–Trinajstić information content (AvgIpc) is 3.06. The summed E-state index contributed by atoms with van der Waals surface area (Å²) in [6.45, 7) is 11.8. The monoisotopic (exact) mass is 453 g/mol. The molecule has 33 heavy (non-hydrogen) atoms. The molecule has 7 heteroatoms. The van der Waals surface area contributed by atoms with E-state index in [9.17, 15) is 9.59 Å². The van der Waals surface area contributed by atoms with E-state index in [0.717, 1.165) is 46.7 Å². The molecule has 1 heterocycles. The van der Waals surface area contributed by atoms with Crippen LogP contribution in [0.4, 0.5) is 0 Å². The van der Waals surface area contributed by atoms with Crippen LogP contribution in [0, 0.1) is 32.1 Å². The Morgan fingerprint density at radius 1 is 1.24 bits per heavy atom. The number of aromatic nitrogens is 2. The number of carboxylic acid groups (broad SMARTS) is 1. The van der Waals surface area contributed by atoms with Gasteiger partial charge in [-0.05, 0) is 80.5 Å². The Labute approximate surface area is 195 Å². The molecule has 2 aliphatic rings. The number of ether oxygens (including phenoxy) is 1. The van der Waals surface area contributed by atoms with Crippen molar-refractivity contribution in [1.82, 2.24) is 15.1 Å². The fourth-order valence-corrected chi connectivity index (χ4v) is 5.64. The molecule has 4 rings (SSSR count). The quantitative estimate of drug-likeness (QED) is 0.531. The first-order valence-electron chi connectivity index (χ1n) is 11.9. The van der Waals surface area contributed by atoms with Gasteiger partial charge < -0.3 is 15.2 Å². The molecule has 2 atom stereocenters. The van der Waals surface area contributed by atoms with E-state index >= 15 is 0 Å². The van der Waals surface area contributed by atoms with Crippen LogP contribution in [0.15, 0.2) is 12.1 Å². The lowest BCUT2D eigenvalue weighted by Gasteiger charge is -2.14. The summed E-state index contributed by atoms with van der Waals surface area (Å²) >= 11 is 0. The normalized spacial score (nSPS) is 19.8. The molecule has 1 aromatic heterocycles. The van der Waals surface area contributed by atoms with Crippen molar-refractivity contribution in [3.63, 3.8) is 0 Å². The predicted molar refractivity (Wildman–Crippen MR) is 126 cm³/mol. The van der Waals surface area contributed by atoms with Gasteiger partial charge in [0.15, 0.2) is 0 Å². The summed E-state index contributed by atoms with van der Waals surface area (Å²) in [4.78, 5) is 23.5. The Bertz CT molecular complexity index is 1060. The molecule has 178 valence electrons. The van der Waals surface area contributed by atoms with Crippen molar-refractivity contribution in [2.75, 3.05) is 19.7 Å². The molecule has 0 saturated heterocycles. The number of fused-ring (bicyclic) bond motifs is 3. The fourth-order valence-electron chi connectivity index (χ4n) is 5.64. The molecule has 7 nitrogen and oxygen atoms in total. The van der Waals surface area contributed by atoms with Gasteiger partial charge in [-0.15, -0.1) is 0 Å². The Hall–Kier alpha value is -2.67. The average molecular weight is 454 g/mol. The van der Waals surface area contributed by atoms with E-state index in [1.807, 2.05) is 20.8 Å². The third-order valence-electron chi connectivity index (χ3n) is 7.39. The second kappa shape index (κ2) is 8.93. The molecule has 0 spiro atoms. The first-order valence-corrected chi connectivity index (χ1v) is 11.9. The highest BCUT2D eigenvalue weighted by Crippen LogP contribution is 2.70. The second-order valence-corrected chi connectivity index (χ2v) is 10.2. The third-order valence-corrected chi connectivity index (χ3v) is 7.39. The van der Waals surface area contributed by atoms with E-state index in [2.05, 4.69) is 36.4 Å². The number of benzene rings is 1. The van der Waals surface area contributed by atoms with Crippen LogP contribution in [-0.4, -0.2) is 46.5 Å². The number of carbonyl (C=O) groups excluding carboxylic acids is 1. The number of carboxylic acids is 1. The number of hydrogen-bond donors (Lipinski definition) is 2. The molecule has 0 amide bonds. The number of nitrogens with one attached hydrogen (secondary N) is 1. The van der Waals surface area contributed by atoms with E-state index < -0.39 is 5.97 Å². The van der Waals surface area contributed by atoms with E-state index in [1.165, 1.54) is 5.56 Å². The molecular weight excluding hydrogens is 418 g/mol. The second-order valence-electron chi connectivity index (χ2n) is 10.2. The SMILES string of the molecule is Cc1cc(CCC(=O)n2nc(C)c3c2C[C@@H]2[C@H]3C2(C)C)cc(C)c1OCCCNCC(=O)O. The summed E-state index contributed by atoms with van der Waals surface area (Å²) in [7, 11) is 0. The minimum atomic E-state index is -0.857. The Kier molecular flexibility index (Phi) is 6.36. The lowest BCUT2D eigenvalue weighted by atomic mass is 9.98. The molecule has 0 aliphatic heterocycles. The largest absolute Gasteiger partial charge is 0.493 e. The van der Waals surface area contributed by atoms with Crippen molar-refractivity contribution in [3.05, 3.63) is 45.8 Å². The van der Waals surface area contributed by atoms with E-state index in [4.69, 9.17) is 9.84 Å². The summed E-state index contributed by atoms with van der Waals surface area (Å²) in [5.41, 5.74) is 7.05. The first-order chi connectivity index (χ1) is 15.6. The van der Waals surface area contributed by atoms with Crippen molar-refractivity contribution >= 4 is 11.9 Å². The summed E-state index contributed by atoms with van der Waals surface area (Å²) in [5.74, 6) is 1.31. The van der Waals surface area contributed by atoms with Gasteiger partial charge in [0.25, 0.3) is 0 Å². The molecule has 1 saturated carbocycles. The van der Waals surface area contributed by atoms with Crippen molar-refractivity contribution in [2.45, 2.75) is 66.2 Å². The van der Waals surface area contributed by atoms with Crippen LogP contribution in [0.2, 0.25) is 0 Å². The number of carbonyl (C=O) groups is 2. The van der Waals surface area contributed by atoms with E-state index in [1.54, 1.807) is 4.68 Å². The molecule has 2 aliphatic carbocycles. The van der Waals surface area contributed by atoms with Gasteiger partial charge in [-0.2, -0.15) is 5.10 Å². The number of hydrogen-bond acceptors (Lipinski definition) is 5. The topological polar surface area (TPSA) is 93.5 Å². The number of nitrogens with zero attached hydrogens (tertiary/aromatic N) is 2. The van der Waals surface area contributed by atoms with Crippen molar-refractivity contribution in [3.8, 4) is 5.75 Å². The molecule has 0 bridgehead atoms. The highest BCUT2D eigenvalue weighted by Gasteiger charge is 2.64. The lowest BCUT2D eigenvalue weighted by molar-refractivity contribution is -0.135. The van der Waals surface area contributed by atoms with Crippen LogP contribution in [0.3, 0.4) is 0 Å². The highest BCUT2D eigenvalue weighted by atomic mass is 16.5. The molecule has 2 aromatic rings. The number of rotatable bonds is 10. The molecule has 2 N–H and O–H groups in total. The minimum absolute atomic E-state index is 0.0362. The maximum atomic E-state index is 13.0. The standard InChI is InChI=1S/C26H35N3O4/c1-15-11-18(12-16(2)25(15)33-10-6-9-27-14-22(31)32)7-8-21(30)29-20-13-19-24(26(19,4)5)23(20)17(3)28-29/h11-12,19,24,27H,6-10,13-14H2,1-5H3,(H,31,32)/t19-,24-/m1/s1. The van der Waals surface area contributed by atoms with Gasteiger partial charge in [-0.1, -0.05) is 26.0 Å². The van der Waals surface area contributed by atoms with Crippen molar-refractivity contribution in [1.29, 1.82) is 0 Å². The van der Waals surface area contributed by atoms with Crippen LogP contribution >= 0.6 is 0 Å². The summed E-state index contributed by atoms with van der Waals surface area (Å²) in [6.07, 6.45) is 2.80. The summed E-state index contributed by atoms with van der Waals surface area (Å²) in [6, 6.07) is 4.18. The zero-order valence-corrected chi connectivity index (χ0v) is 20.3. The maximum absolute atomic E-state index is 13.0. The number of aliphatic carboxylic acids is 1. The predicted octanol–water partition coefficient (Wildman–Crippen LogP) is 3.82. The Balaban J connectivity index is 1.32. The first kappa shape index (κ1) is 23.5. The Morgan fingerprint density at radius 3 is 2.61 bits per heavy atom. The summed E-state index contributed by atoms with van der Waals surface area (Å²) < 4.78 is 7.62. The molecular formula is C26H35N3O4. The zero-order chi connectivity index (χ0) is 23.9. The molecule has 0 radical (unpaired) electrons. The lowest BCUT2D eigenvalue weighted by Crippen LogP contribution is -2.24. The van der Waals surface area contributed by atoms with Gasteiger partial charge in [0, 0.05) is 12.0 Å². The van der Waals surface area contributed by atoms with Gasteiger partial charge in [-0.3, -0.25) is 9.59 Å². The zero-order valence-electron chi connectivity index (χ0n) is 20.3. The maximum Gasteiger partial charge on any atom is 0.317 e. The van der Waals surface area contributed by atoms with Crippen LogP contribution < -0.4 is 10.1 Å². The molecule has 0 unspecified atom stereocenters. The van der Waals surface area contributed by atoms with Gasteiger partial charge in [0.2, 0.25) is 5.91 Å². The third kappa shape index (κ3) is 4.56. The van der Waals surface area contributed by atoms with E-state index in [-0.39, 0.29) is 12.5 Å². The molecule has 1 fully saturated rings. The summed E-state index contributed by atoms with van der Waals surface area (Å²) in [5, 5.41) is 16.1. The van der Waals surface area contributed by atoms with Gasteiger partial charge in [-0.25, -0.2) is 4.68 Å². The molecule has 1 aromatic carbocycles. The van der Waals surface area contributed by atoms with Crippen LogP contribution in [-0.2, 0) is 17.6 Å². The van der Waals surface area contributed by atoms with Crippen LogP contribution in [0.5, 0.6) is 5.75 Å². The Morgan fingerprint density at radius 2 is 1.94 bits per heavy atom. The highest BCUT2D eigenvalue weighted by molar-refractivity contribution is 5.80. The van der Waals surface area contributed by atoms with Gasteiger partial charge >= 0.3 is 5.97 Å². The van der Waals surface area contributed by atoms with Crippen LogP contribution in [0.1, 0.15) is 71.0 Å². The van der Waals surface area contributed by atoms with E-state index in [0.29, 0.717) is 43.2 Å². The van der Waals surface area contributed by atoms with Crippen molar-refractivity contribution in [2.24, 2.45) is 11.3 Å². The van der Waals surface area contributed by atoms with Crippen LogP contribution in [0.25, 0.3) is 0 Å². The smallest absolute Gasteiger partial charge is 0.317 e. The van der Waals surface area contributed by atoms with Gasteiger partial charge in [0.05, 0.1) is 24.5 Å². The fraction of sp³-hybridized carbons (Fsp3) is 0.577.